The summed E-state index contributed by atoms with van der Waals surface area (Å²) in [5.41, 5.74) is 0.262. The Morgan fingerprint density at radius 2 is 2.33 bits per heavy atom. The summed E-state index contributed by atoms with van der Waals surface area (Å²) < 4.78 is 6.94. The van der Waals surface area contributed by atoms with Gasteiger partial charge in [-0.05, 0) is 18.2 Å². The minimum absolute atomic E-state index is 0.0592. The van der Waals surface area contributed by atoms with Crippen LogP contribution < -0.4 is 25.9 Å². The molecule has 92 valence electrons. The van der Waals surface area contributed by atoms with Gasteiger partial charge in [-0.1, -0.05) is 11.6 Å². The molecule has 1 aliphatic heterocycles. The SMILES string of the molecule is O=[N+]([O-])C1=CC2[I+]c3cc(Cl)ccc3OC2=CC1. The predicted molar refractivity (Wildman–Crippen MR) is 62.3 cm³/mol. The number of benzene rings is 1. The summed E-state index contributed by atoms with van der Waals surface area (Å²) in [6, 6.07) is 5.56. The molecular formula is C12H8ClINO3+. The molecule has 0 amide bonds. The van der Waals surface area contributed by atoms with Crippen molar-refractivity contribution in [1.29, 1.82) is 0 Å². The lowest BCUT2D eigenvalue weighted by Crippen LogP contribution is -3.65. The number of rotatable bonds is 1. The zero-order chi connectivity index (χ0) is 12.7. The van der Waals surface area contributed by atoms with Crippen molar-refractivity contribution in [3.8, 4) is 5.75 Å². The molecule has 4 nitrogen and oxygen atoms in total. The van der Waals surface area contributed by atoms with E-state index < -0.39 is 21.2 Å². The van der Waals surface area contributed by atoms with Crippen LogP contribution in [0.1, 0.15) is 6.42 Å². The first kappa shape index (κ1) is 12.0. The number of allylic oxidation sites excluding steroid dienone is 2. The lowest BCUT2D eigenvalue weighted by atomic mass is 10.1. The third kappa shape index (κ3) is 2.12. The standard InChI is InChI=1S/C12H8ClINO3/c13-7-1-3-11-9(5-7)14-10-6-8(15(16)17)2-4-12(10)18-11/h1,3-6,10H,2H2/q+1. The molecule has 3 rings (SSSR count). The normalized spacial score (nSPS) is 21.1. The monoisotopic (exact) mass is 376 g/mol. The van der Waals surface area contributed by atoms with Crippen molar-refractivity contribution in [1.82, 2.24) is 0 Å². The summed E-state index contributed by atoms with van der Waals surface area (Å²) >= 11 is 5.56. The fourth-order valence-electron chi connectivity index (χ4n) is 1.85. The highest BCUT2D eigenvalue weighted by Crippen LogP contribution is 2.24. The van der Waals surface area contributed by atoms with Gasteiger partial charge in [0.2, 0.25) is 7.49 Å². The molecule has 1 heterocycles. The molecule has 18 heavy (non-hydrogen) atoms. The molecule has 0 saturated heterocycles. The van der Waals surface area contributed by atoms with E-state index in [-0.39, 0.29) is 14.5 Å². The van der Waals surface area contributed by atoms with Crippen LogP contribution in [-0.4, -0.2) is 8.85 Å². The molecule has 1 aliphatic carbocycles. The summed E-state index contributed by atoms with van der Waals surface area (Å²) in [6.07, 6.45) is 3.89. The third-order valence-electron chi connectivity index (χ3n) is 2.71. The Bertz CT molecular complexity index is 597. The van der Waals surface area contributed by atoms with Crippen LogP contribution in [0.3, 0.4) is 0 Å². The molecule has 2 aliphatic rings. The average Bonchev–Trinajstić information content (AvgIpc) is 2.35. The lowest BCUT2D eigenvalue weighted by Gasteiger charge is -2.18. The van der Waals surface area contributed by atoms with Crippen molar-refractivity contribution in [2.45, 2.75) is 10.3 Å². The number of fused-ring (bicyclic) bond motifs is 2. The Morgan fingerprint density at radius 1 is 1.50 bits per heavy atom. The van der Waals surface area contributed by atoms with Crippen LogP contribution in [0.2, 0.25) is 5.02 Å². The van der Waals surface area contributed by atoms with E-state index in [4.69, 9.17) is 16.3 Å². The van der Waals surface area contributed by atoms with Crippen molar-refractivity contribution in [3.05, 3.63) is 60.5 Å². The van der Waals surface area contributed by atoms with Crippen LogP contribution >= 0.6 is 11.6 Å². The van der Waals surface area contributed by atoms with Crippen LogP contribution in [0.4, 0.5) is 0 Å². The van der Waals surface area contributed by atoms with Gasteiger partial charge in [-0.3, -0.25) is 10.1 Å². The van der Waals surface area contributed by atoms with Crippen LogP contribution in [0.5, 0.6) is 5.75 Å². The maximum Gasteiger partial charge on any atom is 0.334 e. The second-order valence-electron chi connectivity index (χ2n) is 3.91. The average molecular weight is 377 g/mol. The van der Waals surface area contributed by atoms with E-state index in [1.807, 2.05) is 18.2 Å². The highest BCUT2D eigenvalue weighted by Gasteiger charge is 2.41. The van der Waals surface area contributed by atoms with Gasteiger partial charge in [0.15, 0.2) is 11.5 Å². The van der Waals surface area contributed by atoms with Crippen molar-refractivity contribution >= 4 is 11.6 Å². The Kier molecular flexibility index (Phi) is 3.03. The molecule has 1 aromatic rings. The Morgan fingerprint density at radius 3 is 3.11 bits per heavy atom. The topological polar surface area (TPSA) is 52.4 Å². The maximum absolute atomic E-state index is 10.8. The minimum atomic E-state index is -0.394. The van der Waals surface area contributed by atoms with Crippen molar-refractivity contribution in [2.75, 3.05) is 0 Å². The Hall–Kier alpha value is -1.08. The number of hydrogen-bond acceptors (Lipinski definition) is 3. The molecule has 0 N–H and O–H groups in total. The highest BCUT2D eigenvalue weighted by molar-refractivity contribution is 6.30. The molecule has 0 bridgehead atoms. The fraction of sp³-hybridized carbons (Fsp3) is 0.167. The van der Waals surface area contributed by atoms with Gasteiger partial charge in [-0.25, -0.2) is 0 Å². The smallest absolute Gasteiger partial charge is 0.334 e. The van der Waals surface area contributed by atoms with Gasteiger partial charge >= 0.3 is 21.2 Å². The van der Waals surface area contributed by atoms with Gasteiger partial charge in [0.05, 0.1) is 11.3 Å². The van der Waals surface area contributed by atoms with E-state index in [1.54, 1.807) is 12.1 Å². The summed E-state index contributed by atoms with van der Waals surface area (Å²) in [6.45, 7) is 0. The molecule has 1 unspecified atom stereocenters. The maximum atomic E-state index is 10.8. The number of halogens is 2. The number of alkyl halides is 1. The first-order chi connectivity index (χ1) is 8.63. The third-order valence-corrected chi connectivity index (χ3v) is 6.11. The van der Waals surface area contributed by atoms with E-state index in [9.17, 15) is 10.1 Å². The van der Waals surface area contributed by atoms with E-state index in [0.717, 1.165) is 15.1 Å². The zero-order valence-electron chi connectivity index (χ0n) is 9.10. The summed E-state index contributed by atoms with van der Waals surface area (Å²) in [5, 5.41) is 11.5. The quantitative estimate of drug-likeness (QED) is 0.295. The molecule has 0 saturated carbocycles. The molecular weight excluding hydrogens is 368 g/mol. The number of ether oxygens (including phenoxy) is 1. The van der Waals surface area contributed by atoms with Gasteiger partial charge in [-0.15, -0.1) is 0 Å². The lowest BCUT2D eigenvalue weighted by molar-refractivity contribution is -0.654. The molecule has 6 heteroatoms. The Labute approximate surface area is 119 Å². The summed E-state index contributed by atoms with van der Waals surface area (Å²) in [5.74, 6) is 1.69. The van der Waals surface area contributed by atoms with Crippen LogP contribution in [-0.2, 0) is 0 Å². The summed E-state index contributed by atoms with van der Waals surface area (Å²) in [4.78, 5) is 10.5. The van der Waals surface area contributed by atoms with Gasteiger partial charge < -0.3 is 4.74 Å². The number of nitro groups is 1. The molecule has 0 fully saturated rings. The van der Waals surface area contributed by atoms with Crippen LogP contribution in [0.25, 0.3) is 0 Å². The van der Waals surface area contributed by atoms with E-state index >= 15 is 0 Å². The highest BCUT2D eigenvalue weighted by atomic mass is 127. The van der Waals surface area contributed by atoms with Crippen LogP contribution in [0, 0.1) is 13.7 Å². The van der Waals surface area contributed by atoms with E-state index in [2.05, 4.69) is 0 Å². The first-order valence-electron chi connectivity index (χ1n) is 5.29. The molecule has 1 aromatic carbocycles. The minimum Gasteiger partial charge on any atom is -0.452 e. The number of hydrogen-bond donors (Lipinski definition) is 0. The fourth-order valence-corrected chi connectivity index (χ4v) is 5.33. The summed E-state index contributed by atoms with van der Waals surface area (Å²) in [7, 11) is 0. The second kappa shape index (κ2) is 4.55. The van der Waals surface area contributed by atoms with Gasteiger partial charge in [0.1, 0.15) is 0 Å². The predicted octanol–water partition coefficient (Wildman–Crippen LogP) is -0.192. The van der Waals surface area contributed by atoms with Crippen molar-refractivity contribution in [3.63, 3.8) is 0 Å². The van der Waals surface area contributed by atoms with Gasteiger partial charge in [0, 0.05) is 17.2 Å². The van der Waals surface area contributed by atoms with Crippen molar-refractivity contribution in [2.24, 2.45) is 0 Å². The van der Waals surface area contributed by atoms with Gasteiger partial charge in [-0.2, -0.15) is 0 Å². The molecule has 0 radical (unpaired) electrons. The molecule has 1 atom stereocenters. The first-order valence-corrected chi connectivity index (χ1v) is 7.99. The van der Waals surface area contributed by atoms with Crippen LogP contribution in [0.15, 0.2) is 41.8 Å². The zero-order valence-corrected chi connectivity index (χ0v) is 12.0. The van der Waals surface area contributed by atoms with E-state index in [1.165, 1.54) is 0 Å². The number of nitrogens with zero attached hydrogens (tertiary/aromatic N) is 1. The molecule has 0 aromatic heterocycles. The van der Waals surface area contributed by atoms with Gasteiger partial charge in [0.25, 0.3) is 5.70 Å². The second-order valence-corrected chi connectivity index (χ2v) is 7.48. The Balaban J connectivity index is 1.96. The van der Waals surface area contributed by atoms with E-state index in [0.29, 0.717) is 11.4 Å². The molecule has 0 spiro atoms. The largest absolute Gasteiger partial charge is 0.452 e. The van der Waals surface area contributed by atoms with Crippen molar-refractivity contribution < 1.29 is 30.9 Å².